The van der Waals surface area contributed by atoms with Gasteiger partial charge in [-0.15, -0.1) is 12.4 Å². The Balaban J connectivity index is 0.00000208. The van der Waals surface area contributed by atoms with Crippen molar-refractivity contribution in [3.63, 3.8) is 0 Å². The molecule has 1 aliphatic rings. The van der Waals surface area contributed by atoms with Gasteiger partial charge in [0.05, 0.1) is 0 Å². The quantitative estimate of drug-likeness (QED) is 0.698. The highest BCUT2D eigenvalue weighted by Crippen LogP contribution is 2.64. The van der Waals surface area contributed by atoms with Crippen LogP contribution in [0.2, 0.25) is 10.0 Å². The molecule has 24 heavy (non-hydrogen) atoms. The largest absolute Gasteiger partial charge is 0.355 e. The summed E-state index contributed by atoms with van der Waals surface area (Å²) in [6.07, 6.45) is 1.07. The smallest absolute Gasteiger partial charge is 0.351 e. The lowest BCUT2D eigenvalue weighted by atomic mass is 10.0. The second kappa shape index (κ2) is 7.25. The van der Waals surface area contributed by atoms with Gasteiger partial charge in [-0.2, -0.15) is 0 Å². The van der Waals surface area contributed by atoms with Crippen LogP contribution in [-0.4, -0.2) is 16.3 Å². The monoisotopic (exact) mass is 407 g/mol. The zero-order valence-corrected chi connectivity index (χ0v) is 15.8. The molecule has 0 radical (unpaired) electrons. The Bertz CT molecular complexity index is 748. The number of halogens is 3. The fraction of sp³-hybridized carbons (Fsp3) is 0.250. The Morgan fingerprint density at radius 3 is 1.96 bits per heavy atom. The Labute approximate surface area is 157 Å². The molecule has 1 unspecified atom stereocenters. The molecule has 4 nitrogen and oxygen atoms in total. The minimum absolute atomic E-state index is 0. The van der Waals surface area contributed by atoms with Crippen molar-refractivity contribution in [2.45, 2.75) is 18.1 Å². The van der Waals surface area contributed by atoms with Gasteiger partial charge in [0, 0.05) is 22.3 Å². The summed E-state index contributed by atoms with van der Waals surface area (Å²) in [6.45, 7) is 0.565. The van der Waals surface area contributed by atoms with Gasteiger partial charge in [-0.3, -0.25) is 4.57 Å². The summed E-state index contributed by atoms with van der Waals surface area (Å²) in [7, 11) is -4.46. The molecule has 2 N–H and O–H groups in total. The maximum Gasteiger partial charge on any atom is 0.355 e. The topological polar surface area (TPSA) is 60.8 Å². The Morgan fingerprint density at radius 2 is 1.46 bits per heavy atom. The fourth-order valence-corrected chi connectivity index (χ4v) is 4.97. The van der Waals surface area contributed by atoms with Crippen molar-refractivity contribution in [2.24, 2.45) is 0 Å². The van der Waals surface area contributed by atoms with E-state index in [1.807, 2.05) is 0 Å². The van der Waals surface area contributed by atoms with Gasteiger partial charge in [0.1, 0.15) is 0 Å². The minimum Gasteiger partial charge on any atom is -0.351 e. The van der Waals surface area contributed by atoms with Crippen molar-refractivity contribution in [3.05, 3.63) is 64.1 Å². The third-order valence-electron chi connectivity index (χ3n) is 4.28. The van der Waals surface area contributed by atoms with Gasteiger partial charge in [-0.05, 0) is 54.8 Å². The van der Waals surface area contributed by atoms with E-state index < -0.39 is 12.9 Å². The second-order valence-electron chi connectivity index (χ2n) is 5.60. The van der Waals surface area contributed by atoms with Gasteiger partial charge < -0.3 is 14.7 Å². The first kappa shape index (κ1) is 19.6. The highest BCUT2D eigenvalue weighted by Gasteiger charge is 2.55. The number of anilines is 1. The van der Waals surface area contributed by atoms with Gasteiger partial charge >= 0.3 is 7.60 Å². The van der Waals surface area contributed by atoms with Crippen molar-refractivity contribution in [1.29, 1.82) is 0 Å². The zero-order chi connectivity index (χ0) is 16.7. The Hall–Kier alpha value is -0.740. The molecule has 0 aromatic heterocycles. The average molecular weight is 409 g/mol. The van der Waals surface area contributed by atoms with E-state index in [2.05, 4.69) is 0 Å². The molecule has 0 spiro atoms. The zero-order valence-electron chi connectivity index (χ0n) is 12.6. The SMILES string of the molecule is Cl.O=P(O)(O)C1(c2ccc(Cl)cc2)CCCN1c1ccc(Cl)cc1. The van der Waals surface area contributed by atoms with Crippen LogP contribution < -0.4 is 4.90 Å². The second-order valence-corrected chi connectivity index (χ2v) is 8.30. The summed E-state index contributed by atoms with van der Waals surface area (Å²) in [6, 6.07) is 13.7. The van der Waals surface area contributed by atoms with Crippen LogP contribution in [-0.2, 0) is 9.85 Å². The lowest BCUT2D eigenvalue weighted by Crippen LogP contribution is -2.41. The number of rotatable bonds is 3. The molecule has 1 saturated heterocycles. The third kappa shape index (κ3) is 3.32. The standard InChI is InChI=1S/C16H16Cl2NO3P.ClH/c17-13-4-2-12(3-5-13)16(23(20,21)22)10-1-11-19(16)15-8-6-14(18)7-9-15;/h2-9H,1,10-11H2,(H2,20,21,22);1H. The van der Waals surface area contributed by atoms with Crippen LogP contribution in [0.5, 0.6) is 0 Å². The van der Waals surface area contributed by atoms with Crippen molar-refractivity contribution in [3.8, 4) is 0 Å². The molecule has 0 aliphatic carbocycles. The minimum atomic E-state index is -4.46. The first-order chi connectivity index (χ1) is 10.8. The molecule has 0 amide bonds. The van der Waals surface area contributed by atoms with E-state index >= 15 is 0 Å². The van der Waals surface area contributed by atoms with Crippen molar-refractivity contribution in [1.82, 2.24) is 0 Å². The van der Waals surface area contributed by atoms with Crippen LogP contribution in [0, 0.1) is 0 Å². The van der Waals surface area contributed by atoms with E-state index in [-0.39, 0.29) is 12.4 Å². The molecule has 1 heterocycles. The molecule has 1 fully saturated rings. The summed E-state index contributed by atoms with van der Waals surface area (Å²) >= 11 is 11.9. The number of benzene rings is 2. The van der Waals surface area contributed by atoms with Gasteiger partial charge in [0.15, 0.2) is 5.28 Å². The first-order valence-electron chi connectivity index (χ1n) is 7.19. The number of hydrogen-bond acceptors (Lipinski definition) is 2. The van der Waals surface area contributed by atoms with E-state index in [9.17, 15) is 14.4 Å². The van der Waals surface area contributed by atoms with Gasteiger partial charge in [0.25, 0.3) is 0 Å². The lowest BCUT2D eigenvalue weighted by Gasteiger charge is -2.40. The van der Waals surface area contributed by atoms with E-state index in [1.165, 1.54) is 0 Å². The highest BCUT2D eigenvalue weighted by molar-refractivity contribution is 7.53. The molecular weight excluding hydrogens is 392 g/mol. The molecule has 130 valence electrons. The van der Waals surface area contributed by atoms with Crippen LogP contribution in [0.15, 0.2) is 48.5 Å². The van der Waals surface area contributed by atoms with E-state index in [0.29, 0.717) is 35.0 Å². The molecule has 2 aromatic carbocycles. The molecule has 0 bridgehead atoms. The average Bonchev–Trinajstić information content (AvgIpc) is 2.94. The van der Waals surface area contributed by atoms with Crippen molar-refractivity contribution < 1.29 is 14.4 Å². The van der Waals surface area contributed by atoms with Gasteiger partial charge in [-0.25, -0.2) is 0 Å². The molecule has 8 heteroatoms. The summed E-state index contributed by atoms with van der Waals surface area (Å²) in [4.78, 5) is 22.2. The predicted octanol–water partition coefficient (Wildman–Crippen LogP) is 5.05. The van der Waals surface area contributed by atoms with Crippen LogP contribution in [0.25, 0.3) is 0 Å². The van der Waals surface area contributed by atoms with Gasteiger partial charge in [-0.1, -0.05) is 35.3 Å². The third-order valence-corrected chi connectivity index (χ3v) is 6.47. The highest BCUT2D eigenvalue weighted by atomic mass is 35.5. The molecule has 2 aromatic rings. The molecule has 3 rings (SSSR count). The maximum atomic E-state index is 12.5. The summed E-state index contributed by atoms with van der Waals surface area (Å²) in [5.41, 5.74) is 1.31. The first-order valence-corrected chi connectivity index (χ1v) is 9.56. The van der Waals surface area contributed by atoms with Crippen LogP contribution in [0.3, 0.4) is 0 Å². The van der Waals surface area contributed by atoms with Crippen LogP contribution in [0.4, 0.5) is 5.69 Å². The lowest BCUT2D eigenvalue weighted by molar-refractivity contribution is 0.325. The Kier molecular flexibility index (Phi) is 5.91. The predicted molar refractivity (Wildman–Crippen MR) is 100 cm³/mol. The van der Waals surface area contributed by atoms with E-state index in [4.69, 9.17) is 23.2 Å². The fourth-order valence-electron chi connectivity index (χ4n) is 3.26. The van der Waals surface area contributed by atoms with Crippen molar-refractivity contribution >= 4 is 48.9 Å². The summed E-state index contributed by atoms with van der Waals surface area (Å²) in [5, 5.41) is -0.252. The Morgan fingerprint density at radius 1 is 0.958 bits per heavy atom. The number of nitrogens with zero attached hydrogens (tertiary/aromatic N) is 1. The van der Waals surface area contributed by atoms with Crippen molar-refractivity contribution in [2.75, 3.05) is 11.4 Å². The van der Waals surface area contributed by atoms with E-state index in [0.717, 1.165) is 5.69 Å². The summed E-state index contributed by atoms with van der Waals surface area (Å²) in [5.74, 6) is 0. The molecule has 1 atom stereocenters. The molecular formula is C16H17Cl3NO3P. The maximum absolute atomic E-state index is 12.5. The molecule has 1 aliphatic heterocycles. The van der Waals surface area contributed by atoms with E-state index in [1.54, 1.807) is 53.4 Å². The van der Waals surface area contributed by atoms with Gasteiger partial charge in [0.2, 0.25) is 0 Å². The summed E-state index contributed by atoms with van der Waals surface area (Å²) < 4.78 is 12.5. The molecule has 0 saturated carbocycles. The number of hydrogen-bond donors (Lipinski definition) is 2. The normalized spacial score (nSPS) is 20.8. The van der Waals surface area contributed by atoms with Crippen LogP contribution in [0.1, 0.15) is 18.4 Å². The van der Waals surface area contributed by atoms with Crippen LogP contribution >= 0.6 is 43.2 Å².